The predicted molar refractivity (Wildman–Crippen MR) is 139 cm³/mol. The monoisotopic (exact) mass is 464 g/mol. The first-order valence-corrected chi connectivity index (χ1v) is 12.8. The number of aromatic nitrogens is 2. The van der Waals surface area contributed by atoms with Gasteiger partial charge in [-0.15, -0.1) is 0 Å². The zero-order valence-corrected chi connectivity index (χ0v) is 21.7. The molecule has 1 saturated heterocycles. The third-order valence-corrected chi connectivity index (χ3v) is 7.16. The summed E-state index contributed by atoms with van der Waals surface area (Å²) in [5, 5.41) is 3.29. The van der Waals surface area contributed by atoms with Gasteiger partial charge < -0.3 is 20.0 Å². The fourth-order valence-electron chi connectivity index (χ4n) is 5.11. The number of carbonyl (C=O) groups excluding carboxylic acids is 1. The molecule has 1 aromatic carbocycles. The van der Waals surface area contributed by atoms with Crippen molar-refractivity contribution in [2.24, 2.45) is 0 Å². The van der Waals surface area contributed by atoms with Gasteiger partial charge in [0.1, 0.15) is 11.6 Å². The lowest BCUT2D eigenvalue weighted by Crippen LogP contribution is -2.47. The van der Waals surface area contributed by atoms with Crippen LogP contribution in [0, 0.1) is 6.92 Å². The molecule has 2 amide bonds. The number of amides is 2. The van der Waals surface area contributed by atoms with Gasteiger partial charge in [-0.05, 0) is 36.4 Å². The maximum Gasteiger partial charge on any atom is 0.322 e. The van der Waals surface area contributed by atoms with Gasteiger partial charge in [0.05, 0.1) is 12.2 Å². The van der Waals surface area contributed by atoms with Crippen molar-refractivity contribution in [3.63, 3.8) is 0 Å². The van der Waals surface area contributed by atoms with Crippen molar-refractivity contribution in [1.82, 2.24) is 19.8 Å². The van der Waals surface area contributed by atoms with Gasteiger partial charge >= 0.3 is 6.03 Å². The van der Waals surface area contributed by atoms with Crippen LogP contribution < -0.4 is 10.2 Å². The van der Waals surface area contributed by atoms with E-state index in [1.165, 1.54) is 11.1 Å². The number of hydrogen-bond acceptors (Lipinski definition) is 5. The molecule has 2 aliphatic heterocycles. The van der Waals surface area contributed by atoms with Gasteiger partial charge in [0, 0.05) is 50.4 Å². The van der Waals surface area contributed by atoms with E-state index in [0.29, 0.717) is 24.9 Å². The highest BCUT2D eigenvalue weighted by Gasteiger charge is 2.29. The second-order valence-corrected chi connectivity index (χ2v) is 10.2. The zero-order chi connectivity index (χ0) is 24.4. The molecule has 184 valence electrons. The largest absolute Gasteiger partial charge is 0.354 e. The molecule has 0 atom stereocenters. The van der Waals surface area contributed by atoms with E-state index in [-0.39, 0.29) is 6.03 Å². The molecule has 2 aliphatic rings. The number of rotatable bonds is 5. The second kappa shape index (κ2) is 10.3. The number of para-hydroxylation sites is 1. The van der Waals surface area contributed by atoms with Gasteiger partial charge in [-0.25, -0.2) is 14.8 Å². The van der Waals surface area contributed by atoms with Crippen LogP contribution in [0.5, 0.6) is 0 Å². The van der Waals surface area contributed by atoms with Crippen molar-refractivity contribution in [2.45, 2.75) is 66.3 Å². The van der Waals surface area contributed by atoms with E-state index in [0.717, 1.165) is 67.7 Å². The standard InChI is InChI=1S/C27H40N6O/c1-7-31-13-15-32(16-14-31)26-23-17-33(12-11-24(23)28-20(6)29-26)27(34)30-25-21(18(2)3)9-8-10-22(25)19(4)5/h8-10,18-19H,7,11-17H2,1-6H3,(H,30,34). The van der Waals surface area contributed by atoms with Crippen LogP contribution in [0.1, 0.15) is 74.7 Å². The number of fused-ring (bicyclic) bond motifs is 1. The molecule has 0 saturated carbocycles. The Kier molecular flexibility index (Phi) is 7.41. The fourth-order valence-corrected chi connectivity index (χ4v) is 5.11. The lowest BCUT2D eigenvalue weighted by molar-refractivity contribution is 0.205. The first-order valence-electron chi connectivity index (χ1n) is 12.8. The third-order valence-electron chi connectivity index (χ3n) is 7.16. The molecule has 0 spiro atoms. The molecule has 7 nitrogen and oxygen atoms in total. The van der Waals surface area contributed by atoms with E-state index in [1.807, 2.05) is 11.8 Å². The van der Waals surface area contributed by atoms with E-state index in [4.69, 9.17) is 9.97 Å². The summed E-state index contributed by atoms with van der Waals surface area (Å²) in [6, 6.07) is 6.31. The lowest BCUT2D eigenvalue weighted by atomic mass is 9.92. The molecule has 1 N–H and O–H groups in total. The number of nitrogens with zero attached hydrogens (tertiary/aromatic N) is 5. The third kappa shape index (κ3) is 5.04. The minimum atomic E-state index is -0.0389. The van der Waals surface area contributed by atoms with Gasteiger partial charge in [0.15, 0.2) is 0 Å². The molecule has 34 heavy (non-hydrogen) atoms. The second-order valence-electron chi connectivity index (χ2n) is 10.2. The van der Waals surface area contributed by atoms with Gasteiger partial charge in [-0.2, -0.15) is 0 Å². The van der Waals surface area contributed by atoms with Crippen LogP contribution in [-0.4, -0.2) is 65.1 Å². The van der Waals surface area contributed by atoms with Crippen molar-refractivity contribution in [3.8, 4) is 0 Å². The highest BCUT2D eigenvalue weighted by molar-refractivity contribution is 5.91. The van der Waals surface area contributed by atoms with Crippen LogP contribution in [0.4, 0.5) is 16.3 Å². The number of urea groups is 1. The Labute approximate surface area is 204 Å². The summed E-state index contributed by atoms with van der Waals surface area (Å²) in [6.45, 7) is 19.2. The van der Waals surface area contributed by atoms with Crippen molar-refractivity contribution in [2.75, 3.05) is 49.5 Å². The molecule has 4 rings (SSSR count). The summed E-state index contributed by atoms with van der Waals surface area (Å²) in [5.41, 5.74) is 5.54. The van der Waals surface area contributed by atoms with Crippen LogP contribution >= 0.6 is 0 Å². The molecule has 0 bridgehead atoms. The van der Waals surface area contributed by atoms with Gasteiger partial charge in [-0.3, -0.25) is 0 Å². The fraction of sp³-hybridized carbons (Fsp3) is 0.593. The highest BCUT2D eigenvalue weighted by Crippen LogP contribution is 2.33. The Morgan fingerprint density at radius 1 is 1.00 bits per heavy atom. The van der Waals surface area contributed by atoms with Crippen LogP contribution in [0.3, 0.4) is 0 Å². The summed E-state index contributed by atoms with van der Waals surface area (Å²) in [6.07, 6.45) is 0.761. The van der Waals surface area contributed by atoms with Crippen molar-refractivity contribution in [3.05, 3.63) is 46.4 Å². The number of likely N-dealkylation sites (N-methyl/N-ethyl adjacent to an activating group) is 1. The molecule has 0 radical (unpaired) electrons. The van der Waals surface area contributed by atoms with Crippen LogP contribution in [0.2, 0.25) is 0 Å². The van der Waals surface area contributed by atoms with E-state index in [1.54, 1.807) is 0 Å². The average molecular weight is 465 g/mol. The van der Waals surface area contributed by atoms with Gasteiger partial charge in [-0.1, -0.05) is 52.8 Å². The zero-order valence-electron chi connectivity index (χ0n) is 21.7. The van der Waals surface area contributed by atoms with Crippen molar-refractivity contribution >= 4 is 17.5 Å². The van der Waals surface area contributed by atoms with E-state index < -0.39 is 0 Å². The summed E-state index contributed by atoms with van der Waals surface area (Å²) in [5.74, 6) is 2.50. The average Bonchev–Trinajstić information content (AvgIpc) is 2.83. The molecule has 2 aromatic rings. The van der Waals surface area contributed by atoms with Gasteiger partial charge in [0.2, 0.25) is 0 Å². The molecule has 7 heteroatoms. The number of anilines is 2. The van der Waals surface area contributed by atoms with Crippen molar-refractivity contribution < 1.29 is 4.79 Å². The van der Waals surface area contributed by atoms with E-state index in [2.05, 4.69) is 67.9 Å². The molecular weight excluding hydrogens is 424 g/mol. The summed E-state index contributed by atoms with van der Waals surface area (Å²) >= 11 is 0. The maximum absolute atomic E-state index is 13.5. The topological polar surface area (TPSA) is 64.6 Å². The Morgan fingerprint density at radius 3 is 2.24 bits per heavy atom. The van der Waals surface area contributed by atoms with Crippen molar-refractivity contribution in [1.29, 1.82) is 0 Å². The minimum absolute atomic E-state index is 0.0389. The smallest absolute Gasteiger partial charge is 0.322 e. The Hall–Kier alpha value is -2.67. The normalized spacial score (nSPS) is 16.8. The quantitative estimate of drug-likeness (QED) is 0.691. The molecule has 1 aromatic heterocycles. The highest BCUT2D eigenvalue weighted by atomic mass is 16.2. The van der Waals surface area contributed by atoms with Crippen LogP contribution in [0.15, 0.2) is 18.2 Å². The number of nitrogens with one attached hydrogen (secondary N) is 1. The maximum atomic E-state index is 13.5. The summed E-state index contributed by atoms with van der Waals surface area (Å²) < 4.78 is 0. The Morgan fingerprint density at radius 2 is 1.65 bits per heavy atom. The number of benzene rings is 1. The van der Waals surface area contributed by atoms with Crippen LogP contribution in [0.25, 0.3) is 0 Å². The lowest BCUT2D eigenvalue weighted by Gasteiger charge is -2.37. The number of aryl methyl sites for hydroxylation is 1. The summed E-state index contributed by atoms with van der Waals surface area (Å²) in [7, 11) is 0. The van der Waals surface area contributed by atoms with E-state index >= 15 is 0 Å². The number of carbonyl (C=O) groups is 1. The SMILES string of the molecule is CCN1CCN(c2nc(C)nc3c2CN(C(=O)Nc2c(C(C)C)cccc2C(C)C)CC3)CC1. The number of hydrogen-bond donors (Lipinski definition) is 1. The Bertz CT molecular complexity index is 1000. The minimum Gasteiger partial charge on any atom is -0.354 e. The first-order chi connectivity index (χ1) is 16.3. The molecule has 0 aliphatic carbocycles. The summed E-state index contributed by atoms with van der Waals surface area (Å²) in [4.78, 5) is 29.9. The predicted octanol–water partition coefficient (Wildman–Crippen LogP) is 4.76. The molecule has 1 fully saturated rings. The van der Waals surface area contributed by atoms with Gasteiger partial charge in [0.25, 0.3) is 0 Å². The molecular formula is C27H40N6O. The molecule has 0 unspecified atom stereocenters. The first kappa shape index (κ1) is 24.5. The Balaban J connectivity index is 1.58. The van der Waals surface area contributed by atoms with E-state index in [9.17, 15) is 4.79 Å². The number of piperazine rings is 1. The van der Waals surface area contributed by atoms with Crippen LogP contribution in [-0.2, 0) is 13.0 Å². The molecule has 3 heterocycles.